The number of pyridine rings is 1. The molecule has 5 heteroatoms. The Bertz CT molecular complexity index is 544. The van der Waals surface area contributed by atoms with Crippen molar-refractivity contribution < 1.29 is 4.79 Å². The Morgan fingerprint density at radius 2 is 2.15 bits per heavy atom. The number of carbonyl (C=O) groups excluding carboxylic acids is 1. The van der Waals surface area contributed by atoms with Crippen LogP contribution in [0.3, 0.4) is 0 Å². The summed E-state index contributed by atoms with van der Waals surface area (Å²) in [6.45, 7) is 4.27. The highest BCUT2D eigenvalue weighted by molar-refractivity contribution is 5.76. The lowest BCUT2D eigenvalue weighted by molar-refractivity contribution is -0.133. The first-order valence-electron chi connectivity index (χ1n) is 6.98. The van der Waals surface area contributed by atoms with E-state index in [2.05, 4.69) is 6.58 Å². The van der Waals surface area contributed by atoms with E-state index in [4.69, 9.17) is 5.73 Å². The number of aromatic nitrogens is 1. The number of rotatable bonds is 5. The fourth-order valence-electron chi connectivity index (χ4n) is 2.72. The maximum Gasteiger partial charge on any atom is 0.251 e. The molecule has 0 radical (unpaired) electrons. The molecular formula is C15H21N3O2. The number of nitrogens with zero attached hydrogens (tertiary/aromatic N) is 2. The smallest absolute Gasteiger partial charge is 0.251 e. The number of amides is 1. The number of nitrogen functional groups attached to an aromatic ring is 1. The van der Waals surface area contributed by atoms with Crippen LogP contribution in [0.25, 0.3) is 0 Å². The van der Waals surface area contributed by atoms with Crippen molar-refractivity contribution in [1.29, 1.82) is 0 Å². The lowest BCUT2D eigenvalue weighted by Gasteiger charge is -2.28. The predicted molar refractivity (Wildman–Crippen MR) is 79.3 cm³/mol. The third-order valence-electron chi connectivity index (χ3n) is 3.72. The lowest BCUT2D eigenvalue weighted by Crippen LogP contribution is -2.42. The third-order valence-corrected chi connectivity index (χ3v) is 3.72. The molecule has 1 aliphatic rings. The number of anilines is 1. The molecule has 2 rings (SSSR count). The Kier molecular flexibility index (Phi) is 4.61. The van der Waals surface area contributed by atoms with Crippen molar-refractivity contribution in [3.63, 3.8) is 0 Å². The maximum atomic E-state index is 12.4. The number of hydrogen-bond donors (Lipinski definition) is 1. The van der Waals surface area contributed by atoms with Crippen LogP contribution in [0, 0.1) is 0 Å². The van der Waals surface area contributed by atoms with Gasteiger partial charge in [-0.05, 0) is 18.9 Å². The molecule has 1 saturated carbocycles. The van der Waals surface area contributed by atoms with E-state index in [0.717, 1.165) is 25.7 Å². The molecule has 0 aliphatic heterocycles. The van der Waals surface area contributed by atoms with Gasteiger partial charge in [-0.3, -0.25) is 9.59 Å². The molecule has 0 saturated heterocycles. The summed E-state index contributed by atoms with van der Waals surface area (Å²) < 4.78 is 1.36. The second kappa shape index (κ2) is 6.41. The molecule has 108 valence electrons. The van der Waals surface area contributed by atoms with E-state index in [9.17, 15) is 9.59 Å². The Hall–Kier alpha value is -2.04. The molecule has 20 heavy (non-hydrogen) atoms. The average Bonchev–Trinajstić information content (AvgIpc) is 2.93. The second-order valence-corrected chi connectivity index (χ2v) is 5.20. The van der Waals surface area contributed by atoms with Gasteiger partial charge in [-0.25, -0.2) is 0 Å². The lowest BCUT2D eigenvalue weighted by atomic mass is 10.2. The minimum Gasteiger partial charge on any atom is -0.398 e. The fourth-order valence-corrected chi connectivity index (χ4v) is 2.72. The van der Waals surface area contributed by atoms with Crippen LogP contribution in [-0.4, -0.2) is 28.0 Å². The van der Waals surface area contributed by atoms with Crippen molar-refractivity contribution in [1.82, 2.24) is 9.47 Å². The zero-order chi connectivity index (χ0) is 14.5. The number of carbonyl (C=O) groups is 1. The second-order valence-electron chi connectivity index (χ2n) is 5.20. The molecule has 0 spiro atoms. The summed E-state index contributed by atoms with van der Waals surface area (Å²) in [5, 5.41) is 0. The SMILES string of the molecule is C=CCN(C(=O)Cn1cc(N)ccc1=O)C1CCCC1. The monoisotopic (exact) mass is 275 g/mol. The zero-order valence-electron chi connectivity index (χ0n) is 11.6. The molecule has 1 fully saturated rings. The topological polar surface area (TPSA) is 68.3 Å². The Labute approximate surface area is 118 Å². The molecule has 0 unspecified atom stereocenters. The van der Waals surface area contributed by atoms with Crippen molar-refractivity contribution in [3.05, 3.63) is 41.3 Å². The standard InChI is InChI=1S/C15H21N3O2/c1-2-9-18(13-5-3-4-6-13)15(20)11-17-10-12(16)7-8-14(17)19/h2,7-8,10,13H,1,3-6,9,11,16H2. The van der Waals surface area contributed by atoms with Crippen molar-refractivity contribution in [2.24, 2.45) is 0 Å². The van der Waals surface area contributed by atoms with Crippen LogP contribution in [0.5, 0.6) is 0 Å². The van der Waals surface area contributed by atoms with Crippen molar-refractivity contribution >= 4 is 11.6 Å². The van der Waals surface area contributed by atoms with Gasteiger partial charge in [-0.1, -0.05) is 18.9 Å². The zero-order valence-corrected chi connectivity index (χ0v) is 11.6. The quantitative estimate of drug-likeness (QED) is 0.826. The molecule has 0 bridgehead atoms. The molecule has 0 atom stereocenters. The molecule has 1 aromatic heterocycles. The van der Waals surface area contributed by atoms with Gasteiger partial charge in [0.25, 0.3) is 5.56 Å². The molecule has 1 aromatic rings. The fraction of sp³-hybridized carbons (Fsp3) is 0.467. The van der Waals surface area contributed by atoms with Gasteiger partial charge in [0.1, 0.15) is 6.54 Å². The van der Waals surface area contributed by atoms with Crippen LogP contribution in [0.4, 0.5) is 5.69 Å². The van der Waals surface area contributed by atoms with Crippen LogP contribution < -0.4 is 11.3 Å². The van der Waals surface area contributed by atoms with Gasteiger partial charge >= 0.3 is 0 Å². The minimum absolute atomic E-state index is 0.0359. The molecule has 1 amide bonds. The molecule has 0 aromatic carbocycles. The van der Waals surface area contributed by atoms with E-state index < -0.39 is 0 Å². The minimum atomic E-state index is -0.211. The number of hydrogen-bond acceptors (Lipinski definition) is 3. The summed E-state index contributed by atoms with van der Waals surface area (Å²) in [4.78, 5) is 26.0. The van der Waals surface area contributed by atoms with Crippen molar-refractivity contribution in [3.8, 4) is 0 Å². The highest BCUT2D eigenvalue weighted by Gasteiger charge is 2.25. The normalized spacial score (nSPS) is 15.2. The Balaban J connectivity index is 2.13. The Morgan fingerprint density at radius 1 is 1.45 bits per heavy atom. The van der Waals surface area contributed by atoms with Gasteiger partial charge in [0, 0.05) is 30.5 Å². The highest BCUT2D eigenvalue weighted by Crippen LogP contribution is 2.23. The Morgan fingerprint density at radius 3 is 2.80 bits per heavy atom. The molecule has 2 N–H and O–H groups in total. The van der Waals surface area contributed by atoms with Gasteiger partial charge in [0.15, 0.2) is 0 Å². The first-order chi connectivity index (χ1) is 9.61. The summed E-state index contributed by atoms with van der Waals surface area (Å²) in [6.07, 6.45) is 7.63. The summed E-state index contributed by atoms with van der Waals surface area (Å²) in [6, 6.07) is 3.20. The summed E-state index contributed by atoms with van der Waals surface area (Å²) in [5.41, 5.74) is 5.93. The third kappa shape index (κ3) is 3.29. The van der Waals surface area contributed by atoms with E-state index in [1.165, 1.54) is 16.8 Å². The van der Waals surface area contributed by atoms with Crippen LogP contribution in [0.2, 0.25) is 0 Å². The van der Waals surface area contributed by atoms with Crippen LogP contribution in [0.15, 0.2) is 35.8 Å². The van der Waals surface area contributed by atoms with Gasteiger partial charge in [-0.2, -0.15) is 0 Å². The van der Waals surface area contributed by atoms with E-state index in [1.807, 2.05) is 4.90 Å². The van der Waals surface area contributed by atoms with Gasteiger partial charge in [0.2, 0.25) is 5.91 Å². The molecule has 1 heterocycles. The summed E-state index contributed by atoms with van der Waals surface area (Å²) >= 11 is 0. The van der Waals surface area contributed by atoms with Gasteiger partial charge in [-0.15, -0.1) is 6.58 Å². The highest BCUT2D eigenvalue weighted by atomic mass is 16.2. The summed E-state index contributed by atoms with van der Waals surface area (Å²) in [5.74, 6) is -0.0514. The van der Waals surface area contributed by atoms with Crippen molar-refractivity contribution in [2.45, 2.75) is 38.3 Å². The summed E-state index contributed by atoms with van der Waals surface area (Å²) in [7, 11) is 0. The van der Waals surface area contributed by atoms with Gasteiger partial charge < -0.3 is 15.2 Å². The van der Waals surface area contributed by atoms with Crippen molar-refractivity contribution in [2.75, 3.05) is 12.3 Å². The largest absolute Gasteiger partial charge is 0.398 e. The van der Waals surface area contributed by atoms with E-state index >= 15 is 0 Å². The predicted octanol–water partition coefficient (Wildman–Crippen LogP) is 1.39. The van der Waals surface area contributed by atoms with Crippen LogP contribution in [-0.2, 0) is 11.3 Å². The first-order valence-corrected chi connectivity index (χ1v) is 6.98. The molecule has 1 aliphatic carbocycles. The average molecular weight is 275 g/mol. The van der Waals surface area contributed by atoms with Gasteiger partial charge in [0.05, 0.1) is 0 Å². The van der Waals surface area contributed by atoms with Crippen LogP contribution >= 0.6 is 0 Å². The first kappa shape index (κ1) is 14.4. The number of nitrogens with two attached hydrogens (primary N) is 1. The maximum absolute atomic E-state index is 12.4. The van der Waals surface area contributed by atoms with E-state index in [1.54, 1.807) is 12.1 Å². The molecular weight excluding hydrogens is 254 g/mol. The van der Waals surface area contributed by atoms with E-state index in [-0.39, 0.29) is 24.1 Å². The molecule has 5 nitrogen and oxygen atoms in total. The van der Waals surface area contributed by atoms with E-state index in [0.29, 0.717) is 12.2 Å². The van der Waals surface area contributed by atoms with Crippen LogP contribution in [0.1, 0.15) is 25.7 Å².